The molecule has 1 aliphatic rings. The normalized spacial score (nSPS) is 19.7. The number of carbonyl (C=O) groups excluding carboxylic acids is 1. The largest absolute Gasteiger partial charge is 0.481 e. The second-order valence-electron chi connectivity index (χ2n) is 9.74. The van der Waals surface area contributed by atoms with Gasteiger partial charge in [0.2, 0.25) is 5.91 Å². The van der Waals surface area contributed by atoms with Crippen LogP contribution in [-0.2, 0) is 28.0 Å². The third-order valence-corrected chi connectivity index (χ3v) is 6.94. The first-order valence-electron chi connectivity index (χ1n) is 12.2. The predicted molar refractivity (Wildman–Crippen MR) is 135 cm³/mol. The van der Waals surface area contributed by atoms with Crippen LogP contribution in [0.5, 0.6) is 0 Å². The number of H-pyrrole nitrogens is 1. The summed E-state index contributed by atoms with van der Waals surface area (Å²) in [4.78, 5) is 34.8. The molecular weight excluding hydrogens is 454 g/mol. The van der Waals surface area contributed by atoms with Crippen LogP contribution in [0.3, 0.4) is 0 Å². The van der Waals surface area contributed by atoms with E-state index in [1.807, 2.05) is 37.3 Å². The first-order chi connectivity index (χ1) is 17.4. The molecule has 3 unspecified atom stereocenters. The quantitative estimate of drug-likeness (QED) is 0.428. The molecule has 0 bridgehead atoms. The van der Waals surface area contributed by atoms with E-state index < -0.39 is 23.3 Å². The molecule has 1 amide bonds. The Morgan fingerprint density at radius 2 is 1.86 bits per heavy atom. The van der Waals surface area contributed by atoms with Crippen LogP contribution in [0.1, 0.15) is 35.7 Å². The number of amides is 1. The standard InChI is InChI=1S/C28H31N5O3/c1-28(25-16-30-19-31-25,14-21-7-9-22(15-29)10-8-21)32-26(34)23-13-24(27(35)36)18-33(17-23)12-11-20-5-3-2-4-6-20/h2-10,16,19,23-24H,11-14,17-18H2,1H3,(H,30,31)(H,32,34)(H,35,36). The summed E-state index contributed by atoms with van der Waals surface area (Å²) in [6, 6.07) is 19.5. The number of likely N-dealkylation sites (tertiary alicyclic amines) is 1. The van der Waals surface area contributed by atoms with E-state index in [1.165, 1.54) is 5.56 Å². The topological polar surface area (TPSA) is 122 Å². The fourth-order valence-electron chi connectivity index (χ4n) is 4.92. The summed E-state index contributed by atoms with van der Waals surface area (Å²) in [5.41, 5.74) is 2.69. The number of piperidine rings is 1. The van der Waals surface area contributed by atoms with Crippen LogP contribution in [-0.4, -0.2) is 51.5 Å². The van der Waals surface area contributed by atoms with Crippen molar-refractivity contribution in [3.63, 3.8) is 0 Å². The van der Waals surface area contributed by atoms with Crippen LogP contribution in [0.4, 0.5) is 0 Å². The Balaban J connectivity index is 1.49. The monoisotopic (exact) mass is 485 g/mol. The van der Waals surface area contributed by atoms with Crippen molar-refractivity contribution in [2.24, 2.45) is 11.8 Å². The molecule has 3 N–H and O–H groups in total. The number of rotatable bonds is 9. The number of nitrogens with one attached hydrogen (secondary N) is 2. The van der Waals surface area contributed by atoms with E-state index in [2.05, 4.69) is 38.4 Å². The van der Waals surface area contributed by atoms with Gasteiger partial charge < -0.3 is 20.3 Å². The Kier molecular flexibility index (Phi) is 7.81. The zero-order chi connectivity index (χ0) is 25.5. The number of carbonyl (C=O) groups is 2. The third-order valence-electron chi connectivity index (χ3n) is 6.94. The maximum atomic E-state index is 13.6. The van der Waals surface area contributed by atoms with E-state index in [0.29, 0.717) is 38.0 Å². The van der Waals surface area contributed by atoms with E-state index in [0.717, 1.165) is 17.7 Å². The first-order valence-corrected chi connectivity index (χ1v) is 12.2. The van der Waals surface area contributed by atoms with Gasteiger partial charge in [0.1, 0.15) is 0 Å². The minimum absolute atomic E-state index is 0.170. The van der Waals surface area contributed by atoms with Crippen molar-refractivity contribution in [3.05, 3.63) is 89.5 Å². The zero-order valence-corrected chi connectivity index (χ0v) is 20.4. The number of imidazole rings is 1. The van der Waals surface area contributed by atoms with Gasteiger partial charge in [0.15, 0.2) is 0 Å². The van der Waals surface area contributed by atoms with Gasteiger partial charge in [-0.05, 0) is 43.0 Å². The summed E-state index contributed by atoms with van der Waals surface area (Å²) >= 11 is 0. The second-order valence-corrected chi connectivity index (χ2v) is 9.74. The maximum Gasteiger partial charge on any atom is 0.307 e. The van der Waals surface area contributed by atoms with E-state index in [4.69, 9.17) is 5.26 Å². The van der Waals surface area contributed by atoms with Crippen molar-refractivity contribution in [1.29, 1.82) is 5.26 Å². The van der Waals surface area contributed by atoms with Crippen molar-refractivity contribution in [2.75, 3.05) is 19.6 Å². The van der Waals surface area contributed by atoms with Crippen LogP contribution >= 0.6 is 0 Å². The predicted octanol–water partition coefficient (Wildman–Crippen LogP) is 3.12. The number of aliphatic carboxylic acids is 1. The molecule has 0 radical (unpaired) electrons. The summed E-state index contributed by atoms with van der Waals surface area (Å²) in [5.74, 6) is -2.08. The summed E-state index contributed by atoms with van der Waals surface area (Å²) in [5, 5.41) is 22.1. The van der Waals surface area contributed by atoms with Gasteiger partial charge in [-0.1, -0.05) is 42.5 Å². The van der Waals surface area contributed by atoms with Gasteiger partial charge in [-0.25, -0.2) is 4.98 Å². The number of aromatic amines is 1. The van der Waals surface area contributed by atoms with Crippen LogP contribution in [0, 0.1) is 23.2 Å². The number of carboxylic acid groups (broad SMARTS) is 1. The summed E-state index contributed by atoms with van der Waals surface area (Å²) < 4.78 is 0. The minimum atomic E-state index is -0.869. The SMILES string of the molecule is CC(Cc1ccc(C#N)cc1)(NC(=O)C1CC(C(=O)O)CN(CCc2ccccc2)C1)c1cnc[nH]1. The lowest BCUT2D eigenvalue weighted by atomic mass is 9.85. The lowest BCUT2D eigenvalue weighted by Crippen LogP contribution is -2.53. The number of aromatic nitrogens is 2. The highest BCUT2D eigenvalue weighted by Crippen LogP contribution is 2.28. The highest BCUT2D eigenvalue weighted by Gasteiger charge is 2.38. The Morgan fingerprint density at radius 1 is 1.14 bits per heavy atom. The summed E-state index contributed by atoms with van der Waals surface area (Å²) in [6.07, 6.45) is 4.85. The molecular formula is C28H31N5O3. The molecule has 8 nitrogen and oxygen atoms in total. The Labute approximate surface area is 211 Å². The van der Waals surface area contributed by atoms with Gasteiger partial charge >= 0.3 is 5.97 Å². The third kappa shape index (κ3) is 6.18. The molecule has 0 saturated carbocycles. The molecule has 3 atom stereocenters. The van der Waals surface area contributed by atoms with Crippen molar-refractivity contribution >= 4 is 11.9 Å². The molecule has 0 spiro atoms. The summed E-state index contributed by atoms with van der Waals surface area (Å²) in [6.45, 7) is 3.58. The van der Waals surface area contributed by atoms with Crippen LogP contribution in [0.25, 0.3) is 0 Å². The number of carboxylic acids is 1. The molecule has 2 aromatic carbocycles. The highest BCUT2D eigenvalue weighted by molar-refractivity contribution is 5.81. The van der Waals surface area contributed by atoms with Crippen LogP contribution < -0.4 is 5.32 Å². The van der Waals surface area contributed by atoms with Gasteiger partial charge in [0.05, 0.1) is 47.2 Å². The highest BCUT2D eigenvalue weighted by atomic mass is 16.4. The fourth-order valence-corrected chi connectivity index (χ4v) is 4.92. The average molecular weight is 486 g/mol. The lowest BCUT2D eigenvalue weighted by molar-refractivity contribution is -0.145. The van der Waals surface area contributed by atoms with Crippen molar-refractivity contribution < 1.29 is 14.7 Å². The number of hydrogen-bond donors (Lipinski definition) is 3. The first kappa shape index (κ1) is 25.1. The van der Waals surface area contributed by atoms with Crippen molar-refractivity contribution in [2.45, 2.75) is 31.7 Å². The van der Waals surface area contributed by atoms with E-state index >= 15 is 0 Å². The number of hydrogen-bond acceptors (Lipinski definition) is 5. The lowest BCUT2D eigenvalue weighted by Gasteiger charge is -2.38. The van der Waals surface area contributed by atoms with Gasteiger partial charge in [-0.3, -0.25) is 9.59 Å². The van der Waals surface area contributed by atoms with Gasteiger partial charge in [-0.2, -0.15) is 5.26 Å². The van der Waals surface area contributed by atoms with Crippen LogP contribution in [0.2, 0.25) is 0 Å². The maximum absolute atomic E-state index is 13.6. The average Bonchev–Trinajstić information content (AvgIpc) is 3.44. The zero-order valence-electron chi connectivity index (χ0n) is 20.4. The Hall–Kier alpha value is -3.96. The molecule has 2 heterocycles. The molecule has 3 aromatic rings. The van der Waals surface area contributed by atoms with Crippen LogP contribution in [0.15, 0.2) is 67.1 Å². The molecule has 1 aromatic heterocycles. The van der Waals surface area contributed by atoms with E-state index in [1.54, 1.807) is 24.7 Å². The molecule has 8 heteroatoms. The van der Waals surface area contributed by atoms with Crippen molar-refractivity contribution in [1.82, 2.24) is 20.2 Å². The molecule has 186 valence electrons. The van der Waals surface area contributed by atoms with Gasteiger partial charge in [0, 0.05) is 26.1 Å². The number of benzene rings is 2. The smallest absolute Gasteiger partial charge is 0.307 e. The summed E-state index contributed by atoms with van der Waals surface area (Å²) in [7, 11) is 0. The van der Waals surface area contributed by atoms with E-state index in [9.17, 15) is 14.7 Å². The molecule has 1 saturated heterocycles. The fraction of sp³-hybridized carbons (Fsp3) is 0.357. The molecule has 1 fully saturated rings. The minimum Gasteiger partial charge on any atom is -0.481 e. The Bertz CT molecular complexity index is 1200. The number of nitriles is 1. The molecule has 4 rings (SSSR count). The molecule has 0 aliphatic carbocycles. The second kappa shape index (κ2) is 11.2. The van der Waals surface area contributed by atoms with Gasteiger partial charge in [0.25, 0.3) is 0 Å². The van der Waals surface area contributed by atoms with E-state index in [-0.39, 0.29) is 5.91 Å². The molecule has 36 heavy (non-hydrogen) atoms. The van der Waals surface area contributed by atoms with Crippen molar-refractivity contribution in [3.8, 4) is 6.07 Å². The van der Waals surface area contributed by atoms with Gasteiger partial charge in [-0.15, -0.1) is 0 Å². The Morgan fingerprint density at radius 3 is 2.50 bits per heavy atom. The molecule has 1 aliphatic heterocycles. The number of nitrogens with zero attached hydrogens (tertiary/aromatic N) is 3.